The Kier molecular flexibility index (Phi) is 3.51. The Morgan fingerprint density at radius 2 is 1.76 bits per heavy atom. The van der Waals surface area contributed by atoms with Crippen molar-refractivity contribution in [3.05, 3.63) is 59.2 Å². The van der Waals surface area contributed by atoms with Gasteiger partial charge in [-0.1, -0.05) is 36.4 Å². The lowest BCUT2D eigenvalue weighted by atomic mass is 10.1. The molecule has 1 N–H and O–H groups in total. The predicted octanol–water partition coefficient (Wildman–Crippen LogP) is 3.00. The van der Waals surface area contributed by atoms with Crippen LogP contribution < -0.4 is 10.1 Å². The third kappa shape index (κ3) is 3.00. The Hall–Kier alpha value is -2.88. The molecule has 2 aromatic rings. The van der Waals surface area contributed by atoms with E-state index in [9.17, 15) is 9.59 Å². The molecule has 0 radical (unpaired) electrons. The second kappa shape index (κ2) is 5.63. The van der Waals surface area contributed by atoms with E-state index < -0.39 is 0 Å². The number of rotatable bonds is 3. The molecule has 0 saturated heterocycles. The molecule has 0 saturated carbocycles. The molecule has 104 valence electrons. The van der Waals surface area contributed by atoms with Gasteiger partial charge in [0.05, 0.1) is 5.69 Å². The molecule has 1 heterocycles. The predicted molar refractivity (Wildman–Crippen MR) is 81.3 cm³/mol. The van der Waals surface area contributed by atoms with Crippen LogP contribution in [0.15, 0.2) is 42.5 Å². The normalized spacial score (nSPS) is 13.4. The zero-order valence-corrected chi connectivity index (χ0v) is 11.2. The fourth-order valence-electron chi connectivity index (χ4n) is 2.13. The zero-order chi connectivity index (χ0) is 14.7. The lowest BCUT2D eigenvalue weighted by molar-refractivity contribution is -0.118. The zero-order valence-electron chi connectivity index (χ0n) is 11.2. The van der Waals surface area contributed by atoms with Crippen LogP contribution in [0.3, 0.4) is 0 Å². The molecule has 1 aliphatic rings. The van der Waals surface area contributed by atoms with E-state index in [-0.39, 0.29) is 12.5 Å². The first-order valence-electron chi connectivity index (χ1n) is 6.54. The SMILES string of the molecule is O=Cc1cccc(C=Cc2ccc3c(c2)NC(=O)CO3)c1. The highest BCUT2D eigenvalue weighted by atomic mass is 16.5. The van der Waals surface area contributed by atoms with Gasteiger partial charge in [-0.3, -0.25) is 9.59 Å². The van der Waals surface area contributed by atoms with Gasteiger partial charge in [0.2, 0.25) is 0 Å². The van der Waals surface area contributed by atoms with Crippen molar-refractivity contribution in [1.29, 1.82) is 0 Å². The number of nitrogens with one attached hydrogen (secondary N) is 1. The maximum atomic E-state index is 11.3. The molecule has 1 amide bonds. The quantitative estimate of drug-likeness (QED) is 0.694. The Bertz CT molecular complexity index is 735. The van der Waals surface area contributed by atoms with E-state index in [0.29, 0.717) is 17.0 Å². The minimum atomic E-state index is -0.151. The van der Waals surface area contributed by atoms with Gasteiger partial charge in [0.15, 0.2) is 6.61 Å². The van der Waals surface area contributed by atoms with Gasteiger partial charge in [0.1, 0.15) is 12.0 Å². The molecule has 1 aliphatic heterocycles. The summed E-state index contributed by atoms with van der Waals surface area (Å²) in [6.45, 7) is 0.0562. The lowest BCUT2D eigenvalue weighted by Crippen LogP contribution is -2.25. The molecular formula is C17H13NO3. The van der Waals surface area contributed by atoms with E-state index in [2.05, 4.69) is 5.32 Å². The summed E-state index contributed by atoms with van der Waals surface area (Å²) < 4.78 is 5.31. The van der Waals surface area contributed by atoms with E-state index >= 15 is 0 Å². The van der Waals surface area contributed by atoms with Crippen LogP contribution >= 0.6 is 0 Å². The minimum absolute atomic E-state index is 0.0562. The fraction of sp³-hybridized carbons (Fsp3) is 0.0588. The van der Waals surface area contributed by atoms with Crippen molar-refractivity contribution in [2.45, 2.75) is 0 Å². The molecule has 0 aliphatic carbocycles. The van der Waals surface area contributed by atoms with Crippen LogP contribution in [-0.4, -0.2) is 18.8 Å². The molecule has 3 rings (SSSR count). The number of carbonyl (C=O) groups is 2. The first kappa shape index (κ1) is 13.1. The molecule has 0 aromatic heterocycles. The molecule has 2 aromatic carbocycles. The molecule has 0 fully saturated rings. The average molecular weight is 279 g/mol. The van der Waals surface area contributed by atoms with Gasteiger partial charge < -0.3 is 10.1 Å². The Morgan fingerprint density at radius 3 is 2.57 bits per heavy atom. The summed E-state index contributed by atoms with van der Waals surface area (Å²) in [7, 11) is 0. The third-order valence-corrected chi connectivity index (χ3v) is 3.15. The summed E-state index contributed by atoms with van der Waals surface area (Å²) in [4.78, 5) is 22.0. The largest absolute Gasteiger partial charge is 0.482 e. The molecular weight excluding hydrogens is 266 g/mol. The van der Waals surface area contributed by atoms with Crippen LogP contribution in [0.5, 0.6) is 5.75 Å². The maximum absolute atomic E-state index is 11.3. The van der Waals surface area contributed by atoms with Crippen molar-refractivity contribution in [2.24, 2.45) is 0 Å². The summed E-state index contributed by atoms with van der Waals surface area (Å²) in [5.41, 5.74) is 3.20. The van der Waals surface area contributed by atoms with E-state index in [1.54, 1.807) is 6.07 Å². The van der Waals surface area contributed by atoms with E-state index in [4.69, 9.17) is 4.74 Å². The van der Waals surface area contributed by atoms with Crippen molar-refractivity contribution in [1.82, 2.24) is 0 Å². The van der Waals surface area contributed by atoms with Crippen molar-refractivity contribution >= 4 is 30.0 Å². The number of benzene rings is 2. The van der Waals surface area contributed by atoms with Crippen LogP contribution in [0.4, 0.5) is 5.69 Å². The van der Waals surface area contributed by atoms with Gasteiger partial charge in [-0.25, -0.2) is 0 Å². The molecule has 4 heteroatoms. The van der Waals surface area contributed by atoms with Crippen molar-refractivity contribution in [2.75, 3.05) is 11.9 Å². The smallest absolute Gasteiger partial charge is 0.262 e. The summed E-state index contributed by atoms with van der Waals surface area (Å²) in [5.74, 6) is 0.525. The number of anilines is 1. The van der Waals surface area contributed by atoms with Crippen LogP contribution in [0.2, 0.25) is 0 Å². The summed E-state index contributed by atoms with van der Waals surface area (Å²) in [5, 5.41) is 2.77. The molecule has 21 heavy (non-hydrogen) atoms. The molecule has 0 spiro atoms. The van der Waals surface area contributed by atoms with Gasteiger partial charge in [-0.15, -0.1) is 0 Å². The summed E-state index contributed by atoms with van der Waals surface area (Å²) >= 11 is 0. The molecule has 0 unspecified atom stereocenters. The Balaban J connectivity index is 1.84. The van der Waals surface area contributed by atoms with Gasteiger partial charge in [0, 0.05) is 5.56 Å². The number of carbonyl (C=O) groups excluding carboxylic acids is 2. The number of amides is 1. The van der Waals surface area contributed by atoms with Gasteiger partial charge >= 0.3 is 0 Å². The van der Waals surface area contributed by atoms with Crippen LogP contribution in [0, 0.1) is 0 Å². The number of hydrogen-bond acceptors (Lipinski definition) is 3. The van der Waals surface area contributed by atoms with Crippen molar-refractivity contribution in [3.63, 3.8) is 0 Å². The second-order valence-corrected chi connectivity index (χ2v) is 4.71. The second-order valence-electron chi connectivity index (χ2n) is 4.71. The number of hydrogen-bond donors (Lipinski definition) is 1. The van der Waals surface area contributed by atoms with Crippen LogP contribution in [0.25, 0.3) is 12.2 Å². The highest BCUT2D eigenvalue weighted by molar-refractivity contribution is 5.95. The highest BCUT2D eigenvalue weighted by Gasteiger charge is 2.15. The molecule has 4 nitrogen and oxygen atoms in total. The Morgan fingerprint density at radius 1 is 1.00 bits per heavy atom. The van der Waals surface area contributed by atoms with Gasteiger partial charge in [-0.05, 0) is 29.3 Å². The first-order valence-corrected chi connectivity index (χ1v) is 6.54. The number of aldehydes is 1. The number of fused-ring (bicyclic) bond motifs is 1. The standard InChI is InChI=1S/C17H13NO3/c19-10-14-3-1-2-12(8-14)4-5-13-6-7-16-15(9-13)18-17(20)11-21-16/h1-10H,11H2,(H,18,20). The van der Waals surface area contributed by atoms with E-state index in [1.165, 1.54) is 0 Å². The minimum Gasteiger partial charge on any atom is -0.482 e. The summed E-state index contributed by atoms with van der Waals surface area (Å²) in [6.07, 6.45) is 4.66. The van der Waals surface area contributed by atoms with E-state index in [0.717, 1.165) is 17.4 Å². The number of ether oxygens (including phenoxy) is 1. The van der Waals surface area contributed by atoms with Crippen molar-refractivity contribution < 1.29 is 14.3 Å². The monoisotopic (exact) mass is 279 g/mol. The van der Waals surface area contributed by atoms with Crippen LogP contribution in [-0.2, 0) is 4.79 Å². The first-order chi connectivity index (χ1) is 10.2. The third-order valence-electron chi connectivity index (χ3n) is 3.15. The summed E-state index contributed by atoms with van der Waals surface area (Å²) in [6, 6.07) is 12.9. The topological polar surface area (TPSA) is 55.4 Å². The molecule has 0 bridgehead atoms. The average Bonchev–Trinajstić information content (AvgIpc) is 2.52. The van der Waals surface area contributed by atoms with Gasteiger partial charge in [-0.2, -0.15) is 0 Å². The Labute approximate surface area is 122 Å². The lowest BCUT2D eigenvalue weighted by Gasteiger charge is -2.17. The van der Waals surface area contributed by atoms with Crippen molar-refractivity contribution in [3.8, 4) is 5.75 Å². The fourth-order valence-corrected chi connectivity index (χ4v) is 2.13. The maximum Gasteiger partial charge on any atom is 0.262 e. The highest BCUT2D eigenvalue weighted by Crippen LogP contribution is 2.29. The van der Waals surface area contributed by atoms with E-state index in [1.807, 2.05) is 48.6 Å². The molecule has 0 atom stereocenters. The van der Waals surface area contributed by atoms with Crippen LogP contribution in [0.1, 0.15) is 21.5 Å². The van der Waals surface area contributed by atoms with Gasteiger partial charge in [0.25, 0.3) is 5.91 Å².